The summed E-state index contributed by atoms with van der Waals surface area (Å²) in [4.78, 5) is 29.1. The van der Waals surface area contributed by atoms with Crippen molar-refractivity contribution in [1.29, 1.82) is 0 Å². The van der Waals surface area contributed by atoms with Gasteiger partial charge in [0.25, 0.3) is 0 Å². The maximum atomic E-state index is 14.0. The maximum Gasteiger partial charge on any atom is 0.244 e. The largest absolute Gasteiger partial charge is 0.352 e. The lowest BCUT2D eigenvalue weighted by Gasteiger charge is -2.34. The predicted octanol–water partition coefficient (Wildman–Crippen LogP) is 4.18. The Morgan fingerprint density at radius 1 is 0.842 bits per heavy atom. The Kier molecular flexibility index (Phi) is 10.1. The normalized spacial score (nSPS) is 12.1. The van der Waals surface area contributed by atoms with Crippen LogP contribution in [0.5, 0.6) is 0 Å². The fourth-order valence-electron chi connectivity index (χ4n) is 4.36. The number of nitrogens with one attached hydrogen (secondary N) is 1. The average molecular weight is 536 g/mol. The molecule has 0 aliphatic rings. The molecule has 3 rings (SSSR count). The van der Waals surface area contributed by atoms with Crippen LogP contribution in [0, 0.1) is 0 Å². The molecule has 0 aliphatic carbocycles. The zero-order chi connectivity index (χ0) is 27.7. The summed E-state index contributed by atoms with van der Waals surface area (Å²) < 4.78 is 27.0. The third-order valence-corrected chi connectivity index (χ3v) is 7.34. The minimum absolute atomic E-state index is 0.126. The minimum Gasteiger partial charge on any atom is -0.352 e. The van der Waals surface area contributed by atoms with Crippen molar-refractivity contribution < 1.29 is 18.0 Å². The molecule has 38 heavy (non-hydrogen) atoms. The first-order valence-electron chi connectivity index (χ1n) is 12.8. The molecule has 0 spiro atoms. The lowest BCUT2D eigenvalue weighted by Crippen LogP contribution is -2.54. The highest BCUT2D eigenvalue weighted by atomic mass is 32.2. The summed E-state index contributed by atoms with van der Waals surface area (Å²) in [5.74, 6) is -0.738. The van der Waals surface area contributed by atoms with E-state index in [1.54, 1.807) is 12.1 Å². The van der Waals surface area contributed by atoms with E-state index in [2.05, 4.69) is 5.32 Å². The maximum absolute atomic E-state index is 14.0. The van der Waals surface area contributed by atoms with Gasteiger partial charge in [0.15, 0.2) is 0 Å². The molecule has 1 atom stereocenters. The van der Waals surface area contributed by atoms with Crippen molar-refractivity contribution in [3.8, 4) is 0 Å². The molecular formula is C30H37N3O4S. The number of carbonyl (C=O) groups is 2. The molecule has 1 N–H and O–H groups in total. The second-order valence-corrected chi connectivity index (χ2v) is 11.5. The zero-order valence-electron chi connectivity index (χ0n) is 22.5. The van der Waals surface area contributed by atoms with Crippen LogP contribution in [-0.4, -0.2) is 50.0 Å². The number of amides is 2. The quantitative estimate of drug-likeness (QED) is 0.377. The van der Waals surface area contributed by atoms with Gasteiger partial charge in [-0.3, -0.25) is 13.9 Å². The summed E-state index contributed by atoms with van der Waals surface area (Å²) in [6.07, 6.45) is 2.00. The molecule has 0 heterocycles. The third kappa shape index (κ3) is 7.92. The number of sulfonamides is 1. The van der Waals surface area contributed by atoms with E-state index in [0.29, 0.717) is 18.5 Å². The van der Waals surface area contributed by atoms with E-state index >= 15 is 0 Å². The van der Waals surface area contributed by atoms with Crippen LogP contribution in [0.2, 0.25) is 0 Å². The molecule has 0 saturated carbocycles. The summed E-state index contributed by atoms with van der Waals surface area (Å²) in [7, 11) is -3.79. The Morgan fingerprint density at radius 3 is 1.95 bits per heavy atom. The highest BCUT2D eigenvalue weighted by Gasteiger charge is 2.33. The van der Waals surface area contributed by atoms with Crippen LogP contribution in [0.1, 0.15) is 37.5 Å². The van der Waals surface area contributed by atoms with E-state index < -0.39 is 28.5 Å². The Hall–Kier alpha value is -3.65. The fraction of sp³-hybridized carbons (Fsp3) is 0.333. The molecule has 0 aliphatic heterocycles. The Labute approximate surface area is 226 Å². The van der Waals surface area contributed by atoms with Crippen LogP contribution in [0.4, 0.5) is 5.69 Å². The van der Waals surface area contributed by atoms with Crippen molar-refractivity contribution >= 4 is 27.5 Å². The number of nitrogens with zero attached hydrogens (tertiary/aromatic N) is 2. The molecule has 0 saturated heterocycles. The summed E-state index contributed by atoms with van der Waals surface area (Å²) in [6.45, 7) is 5.43. The molecule has 3 aromatic carbocycles. The standard InChI is InChI=1S/C30H37N3O4S/c1-5-26-18-12-13-19-27(26)33(38(4,36)37)22-29(34)32(21-25-16-10-7-11-17-25)28(30(35)31-23(2)3)20-24-14-8-6-9-15-24/h6-19,23,28H,5,20-22H2,1-4H3,(H,31,35). The van der Waals surface area contributed by atoms with Crippen LogP contribution in [0.25, 0.3) is 0 Å². The molecule has 3 aromatic rings. The topological polar surface area (TPSA) is 86.8 Å². The van der Waals surface area contributed by atoms with Crippen LogP contribution >= 0.6 is 0 Å². The monoisotopic (exact) mass is 535 g/mol. The van der Waals surface area contributed by atoms with Gasteiger partial charge < -0.3 is 10.2 Å². The molecule has 8 heteroatoms. The SMILES string of the molecule is CCc1ccccc1N(CC(=O)N(Cc1ccccc1)C(Cc1ccccc1)C(=O)NC(C)C)S(C)(=O)=O. The molecule has 2 amide bonds. The second kappa shape index (κ2) is 13.2. The second-order valence-electron chi connectivity index (χ2n) is 9.63. The van der Waals surface area contributed by atoms with Crippen molar-refractivity contribution in [3.63, 3.8) is 0 Å². The van der Waals surface area contributed by atoms with Crippen LogP contribution in [0.3, 0.4) is 0 Å². The fourth-order valence-corrected chi connectivity index (χ4v) is 5.24. The van der Waals surface area contributed by atoms with Crippen LogP contribution < -0.4 is 9.62 Å². The van der Waals surface area contributed by atoms with E-state index in [1.165, 1.54) is 4.90 Å². The van der Waals surface area contributed by atoms with Crippen LogP contribution in [-0.2, 0) is 39.0 Å². The Morgan fingerprint density at radius 2 is 1.39 bits per heavy atom. The average Bonchev–Trinajstić information content (AvgIpc) is 2.89. The molecule has 1 unspecified atom stereocenters. The molecule has 0 fully saturated rings. The number of hydrogen-bond acceptors (Lipinski definition) is 4. The Balaban J connectivity index is 2.05. The number of anilines is 1. The first-order valence-corrected chi connectivity index (χ1v) is 14.7. The first kappa shape index (κ1) is 28.9. The van der Waals surface area contributed by atoms with Gasteiger partial charge in [-0.05, 0) is 43.0 Å². The van der Waals surface area contributed by atoms with E-state index in [-0.39, 0.29) is 18.5 Å². The summed E-state index contributed by atoms with van der Waals surface area (Å²) in [5.41, 5.74) is 3.03. The van der Waals surface area contributed by atoms with Crippen molar-refractivity contribution in [1.82, 2.24) is 10.2 Å². The minimum atomic E-state index is -3.79. The third-order valence-electron chi connectivity index (χ3n) is 6.22. The van der Waals surface area contributed by atoms with Gasteiger partial charge in [0.2, 0.25) is 21.8 Å². The molecule has 202 valence electrons. The zero-order valence-corrected chi connectivity index (χ0v) is 23.3. The van der Waals surface area contributed by atoms with Crippen LogP contribution in [0.15, 0.2) is 84.9 Å². The van der Waals surface area contributed by atoms with E-state index in [1.807, 2.05) is 93.6 Å². The van der Waals surface area contributed by atoms with Gasteiger partial charge in [-0.2, -0.15) is 0 Å². The summed E-state index contributed by atoms with van der Waals surface area (Å²) in [6, 6.07) is 25.1. The summed E-state index contributed by atoms with van der Waals surface area (Å²) in [5, 5.41) is 2.95. The lowest BCUT2D eigenvalue weighted by molar-refractivity contribution is -0.140. The number of rotatable bonds is 12. The van der Waals surface area contributed by atoms with Gasteiger partial charge in [0, 0.05) is 19.0 Å². The number of aryl methyl sites for hydroxylation is 1. The molecule has 7 nitrogen and oxygen atoms in total. The highest BCUT2D eigenvalue weighted by Crippen LogP contribution is 2.24. The lowest BCUT2D eigenvalue weighted by atomic mass is 10.0. The van der Waals surface area contributed by atoms with Gasteiger partial charge in [0.1, 0.15) is 12.6 Å². The number of para-hydroxylation sites is 1. The van der Waals surface area contributed by atoms with Gasteiger partial charge >= 0.3 is 0 Å². The van der Waals surface area contributed by atoms with E-state index in [0.717, 1.165) is 27.3 Å². The highest BCUT2D eigenvalue weighted by molar-refractivity contribution is 7.92. The van der Waals surface area contributed by atoms with E-state index in [9.17, 15) is 18.0 Å². The predicted molar refractivity (Wildman–Crippen MR) is 152 cm³/mol. The number of benzene rings is 3. The molecule has 0 aromatic heterocycles. The van der Waals surface area contributed by atoms with Crippen molar-refractivity contribution in [2.24, 2.45) is 0 Å². The number of hydrogen-bond donors (Lipinski definition) is 1. The Bertz CT molecular complexity index is 1310. The van der Waals surface area contributed by atoms with Gasteiger partial charge in [-0.1, -0.05) is 85.8 Å². The van der Waals surface area contributed by atoms with Crippen molar-refractivity contribution in [2.45, 2.75) is 52.2 Å². The molecule has 0 radical (unpaired) electrons. The summed E-state index contributed by atoms with van der Waals surface area (Å²) >= 11 is 0. The number of carbonyl (C=O) groups excluding carboxylic acids is 2. The van der Waals surface area contributed by atoms with E-state index in [4.69, 9.17) is 0 Å². The van der Waals surface area contributed by atoms with Crippen molar-refractivity contribution in [2.75, 3.05) is 17.1 Å². The smallest absolute Gasteiger partial charge is 0.244 e. The van der Waals surface area contributed by atoms with Crippen molar-refractivity contribution in [3.05, 3.63) is 102 Å². The first-order chi connectivity index (χ1) is 18.1. The van der Waals surface area contributed by atoms with Gasteiger partial charge in [-0.15, -0.1) is 0 Å². The van der Waals surface area contributed by atoms with Gasteiger partial charge in [0.05, 0.1) is 11.9 Å². The van der Waals surface area contributed by atoms with Gasteiger partial charge in [-0.25, -0.2) is 8.42 Å². The molecule has 0 bridgehead atoms. The molecular weight excluding hydrogens is 498 g/mol.